The van der Waals surface area contributed by atoms with E-state index in [0.29, 0.717) is 6.61 Å². The van der Waals surface area contributed by atoms with Crippen molar-refractivity contribution in [3.8, 4) is 0 Å². The van der Waals surface area contributed by atoms with E-state index < -0.39 is 45.1 Å². The lowest BCUT2D eigenvalue weighted by molar-refractivity contribution is -0.154. The minimum absolute atomic E-state index is 0.0261. The van der Waals surface area contributed by atoms with Gasteiger partial charge in [-0.25, -0.2) is 4.57 Å². The van der Waals surface area contributed by atoms with Crippen molar-refractivity contribution >= 4 is 19.8 Å². The number of rotatable bonds is 49. The Hall–Kier alpha value is -1.03. The van der Waals surface area contributed by atoms with Crippen molar-refractivity contribution in [2.45, 2.75) is 270 Å². The van der Waals surface area contributed by atoms with Crippen LogP contribution in [0.25, 0.3) is 0 Å². The maximum Gasteiger partial charge on any atom is 0.472 e. The number of carboxylic acids is 1. The smallest absolute Gasteiger partial charge is 0.472 e. The fraction of sp³-hybridized carbons (Fsp3) is 0.958. The number of hydrogen-bond acceptors (Lipinski definition) is 8. The maximum absolute atomic E-state index is 12.6. The number of phosphoric acid groups is 1. The van der Waals surface area contributed by atoms with Gasteiger partial charge in [-0.3, -0.25) is 18.6 Å². The summed E-state index contributed by atoms with van der Waals surface area (Å²) in [5.41, 5.74) is 5.37. The third kappa shape index (κ3) is 44.8. The molecule has 0 heterocycles. The predicted octanol–water partition coefficient (Wildman–Crippen LogP) is 14.3. The number of phosphoric ester groups is 1. The van der Waals surface area contributed by atoms with Gasteiger partial charge in [-0.05, 0) is 12.8 Å². The molecule has 0 amide bonds. The van der Waals surface area contributed by atoms with Crippen LogP contribution < -0.4 is 5.73 Å². The minimum Gasteiger partial charge on any atom is -0.480 e. The summed E-state index contributed by atoms with van der Waals surface area (Å²) in [5, 5.41) is 8.91. The number of ether oxygens (including phenoxy) is 2. The molecule has 0 saturated heterocycles. The molecule has 0 aromatic rings. The summed E-state index contributed by atoms with van der Waals surface area (Å²) < 4.78 is 33.5. The third-order valence-electron chi connectivity index (χ3n) is 11.4. The number of carbonyl (C=O) groups is 2. The van der Waals surface area contributed by atoms with Gasteiger partial charge in [0.25, 0.3) is 0 Å². The third-order valence-corrected chi connectivity index (χ3v) is 12.3. The van der Waals surface area contributed by atoms with E-state index in [9.17, 15) is 19.0 Å². The second-order valence-corrected chi connectivity index (χ2v) is 18.8. The second-order valence-electron chi connectivity index (χ2n) is 17.3. The lowest BCUT2D eigenvalue weighted by Gasteiger charge is -2.20. The van der Waals surface area contributed by atoms with Crippen molar-refractivity contribution in [3.63, 3.8) is 0 Å². The van der Waals surface area contributed by atoms with Crippen LogP contribution >= 0.6 is 7.82 Å². The average molecular weight is 862 g/mol. The highest BCUT2D eigenvalue weighted by atomic mass is 31.2. The number of aliphatic carboxylic acids is 1. The fourth-order valence-electron chi connectivity index (χ4n) is 7.49. The summed E-state index contributed by atoms with van der Waals surface area (Å²) in [4.78, 5) is 33.6. The van der Waals surface area contributed by atoms with Gasteiger partial charge in [0.15, 0.2) is 0 Å². The van der Waals surface area contributed by atoms with Crippen molar-refractivity contribution in [3.05, 3.63) is 0 Å². The van der Waals surface area contributed by atoms with Crippen molar-refractivity contribution in [2.24, 2.45) is 5.73 Å². The van der Waals surface area contributed by atoms with Crippen LogP contribution in [0.5, 0.6) is 0 Å². The first kappa shape index (κ1) is 58.0. The first-order valence-corrected chi connectivity index (χ1v) is 26.6. The second kappa shape index (κ2) is 45.0. The molecule has 11 heteroatoms. The summed E-state index contributed by atoms with van der Waals surface area (Å²) in [5.74, 6) is -1.76. The zero-order chi connectivity index (χ0) is 43.3. The summed E-state index contributed by atoms with van der Waals surface area (Å²) >= 11 is 0. The zero-order valence-corrected chi connectivity index (χ0v) is 39.5. The van der Waals surface area contributed by atoms with E-state index in [1.165, 1.54) is 199 Å². The van der Waals surface area contributed by atoms with E-state index in [1.807, 2.05) is 0 Å². The molecule has 0 aliphatic carbocycles. The average Bonchev–Trinajstić information content (AvgIpc) is 3.21. The minimum atomic E-state index is -4.61. The van der Waals surface area contributed by atoms with Crippen LogP contribution in [0.3, 0.4) is 0 Å². The number of esters is 1. The summed E-state index contributed by atoms with van der Waals surface area (Å²) in [6.07, 6.45) is 47.4. The van der Waals surface area contributed by atoms with Crippen LogP contribution in [0.4, 0.5) is 0 Å². The monoisotopic (exact) mass is 862 g/mol. The lowest BCUT2D eigenvalue weighted by atomic mass is 10.0. The molecule has 10 nitrogen and oxygen atoms in total. The van der Waals surface area contributed by atoms with Crippen molar-refractivity contribution in [1.29, 1.82) is 0 Å². The van der Waals surface area contributed by atoms with Gasteiger partial charge < -0.3 is 25.2 Å². The Morgan fingerprint density at radius 2 is 0.780 bits per heavy atom. The summed E-state index contributed by atoms with van der Waals surface area (Å²) in [7, 11) is -4.61. The van der Waals surface area contributed by atoms with E-state index in [1.54, 1.807) is 0 Å². The van der Waals surface area contributed by atoms with Gasteiger partial charge in [-0.15, -0.1) is 0 Å². The SMILES string of the molecule is CCCCCCCCCCCCCCCCCCCCCCCCCCOCC(COP(=O)(O)OCC(N)C(=O)O)OC(=O)CCCCCCCCCCCCCCC. The van der Waals surface area contributed by atoms with Gasteiger partial charge in [0.2, 0.25) is 0 Å². The standard InChI is InChI=1S/C48H96NO9P/c1-3-5-7-9-11-13-15-17-18-19-20-21-22-23-24-25-26-27-29-31-33-35-37-39-41-55-42-45(43-56-59(53,54)57-44-46(49)48(51)52)58-47(50)40-38-36-34-32-30-28-16-14-12-10-8-6-4-2/h45-46H,3-44,49H2,1-2H3,(H,51,52)(H,53,54). The summed E-state index contributed by atoms with van der Waals surface area (Å²) in [6.45, 7) is 3.94. The number of hydrogen-bond donors (Lipinski definition) is 3. The van der Waals surface area contributed by atoms with Crippen molar-refractivity contribution in [2.75, 3.05) is 26.4 Å². The predicted molar refractivity (Wildman–Crippen MR) is 245 cm³/mol. The molecule has 0 fully saturated rings. The Labute approximate surface area is 363 Å². The van der Waals surface area contributed by atoms with Crippen LogP contribution in [-0.2, 0) is 32.7 Å². The Balaban J connectivity index is 4.01. The molecule has 4 N–H and O–H groups in total. The molecule has 0 aromatic carbocycles. The Morgan fingerprint density at radius 3 is 1.12 bits per heavy atom. The Morgan fingerprint density at radius 1 is 0.475 bits per heavy atom. The van der Waals surface area contributed by atoms with Gasteiger partial charge >= 0.3 is 19.8 Å². The number of carboxylic acid groups (broad SMARTS) is 1. The highest BCUT2D eigenvalue weighted by Crippen LogP contribution is 2.43. The van der Waals surface area contributed by atoms with Crippen molar-refractivity contribution in [1.82, 2.24) is 0 Å². The van der Waals surface area contributed by atoms with Crippen molar-refractivity contribution < 1.29 is 42.7 Å². The van der Waals surface area contributed by atoms with E-state index in [0.717, 1.165) is 38.5 Å². The largest absolute Gasteiger partial charge is 0.480 e. The highest BCUT2D eigenvalue weighted by molar-refractivity contribution is 7.47. The molecule has 3 atom stereocenters. The molecular weight excluding hydrogens is 765 g/mol. The molecule has 0 radical (unpaired) electrons. The molecule has 0 aliphatic rings. The molecule has 0 saturated carbocycles. The topological polar surface area (TPSA) is 155 Å². The molecule has 0 rings (SSSR count). The molecule has 0 bridgehead atoms. The van der Waals surface area contributed by atoms with Crippen LogP contribution in [0.15, 0.2) is 0 Å². The zero-order valence-electron chi connectivity index (χ0n) is 38.6. The van der Waals surface area contributed by atoms with Gasteiger partial charge in [-0.1, -0.05) is 239 Å². The van der Waals surface area contributed by atoms with Crippen LogP contribution in [0.2, 0.25) is 0 Å². The van der Waals surface area contributed by atoms with Gasteiger partial charge in [0, 0.05) is 13.0 Å². The van der Waals surface area contributed by atoms with E-state index in [-0.39, 0.29) is 13.0 Å². The quantitative estimate of drug-likeness (QED) is 0.0306. The van der Waals surface area contributed by atoms with E-state index >= 15 is 0 Å². The summed E-state index contributed by atoms with van der Waals surface area (Å²) in [6, 6.07) is -1.47. The Bertz CT molecular complexity index is 955. The molecule has 0 spiro atoms. The highest BCUT2D eigenvalue weighted by Gasteiger charge is 2.27. The lowest BCUT2D eigenvalue weighted by Crippen LogP contribution is -2.34. The Kier molecular flexibility index (Phi) is 44.2. The molecule has 3 unspecified atom stereocenters. The van der Waals surface area contributed by atoms with Gasteiger partial charge in [0.1, 0.15) is 12.1 Å². The van der Waals surface area contributed by atoms with Crippen LogP contribution in [0, 0.1) is 0 Å². The fourth-order valence-corrected chi connectivity index (χ4v) is 8.27. The van der Waals surface area contributed by atoms with Gasteiger partial charge in [0.05, 0.1) is 19.8 Å². The number of nitrogens with two attached hydrogens (primary N) is 1. The van der Waals surface area contributed by atoms with Crippen LogP contribution in [-0.4, -0.2) is 60.5 Å². The first-order chi connectivity index (χ1) is 28.7. The van der Waals surface area contributed by atoms with Crippen LogP contribution in [0.1, 0.15) is 258 Å². The maximum atomic E-state index is 12.6. The molecule has 0 aromatic heterocycles. The number of carbonyl (C=O) groups excluding carboxylic acids is 1. The number of unbranched alkanes of at least 4 members (excludes halogenated alkanes) is 35. The van der Waals surface area contributed by atoms with Gasteiger partial charge in [-0.2, -0.15) is 0 Å². The van der Waals surface area contributed by atoms with E-state index in [4.69, 9.17) is 29.4 Å². The molecule has 0 aliphatic heterocycles. The molecule has 352 valence electrons. The molecule has 59 heavy (non-hydrogen) atoms. The molecular formula is C48H96NO9P. The van der Waals surface area contributed by atoms with E-state index in [2.05, 4.69) is 13.8 Å². The normalized spacial score (nSPS) is 13.7. The first-order valence-electron chi connectivity index (χ1n) is 25.1.